The third-order valence-corrected chi connectivity index (χ3v) is 5.00. The summed E-state index contributed by atoms with van der Waals surface area (Å²) in [5.74, 6) is 1.18. The molecule has 1 heterocycles. The number of nitro benzene ring substituents is 1. The Morgan fingerprint density at radius 1 is 1.16 bits per heavy atom. The summed E-state index contributed by atoms with van der Waals surface area (Å²) < 4.78 is 11.3. The summed E-state index contributed by atoms with van der Waals surface area (Å²) in [5, 5.41) is 14.1. The van der Waals surface area contributed by atoms with Gasteiger partial charge in [-0.05, 0) is 30.3 Å². The number of fused-ring (bicyclic) bond motifs is 1. The van der Waals surface area contributed by atoms with Crippen LogP contribution in [0.4, 0.5) is 11.4 Å². The van der Waals surface area contributed by atoms with E-state index in [2.05, 4.69) is 5.32 Å². The normalized spacial score (nSPS) is 15.5. The predicted octanol–water partition coefficient (Wildman–Crippen LogP) is 4.14. The summed E-state index contributed by atoms with van der Waals surface area (Å²) in [5.41, 5.74) is 2.18. The third kappa shape index (κ3) is 4.65. The molecule has 1 N–H and O–H groups in total. The van der Waals surface area contributed by atoms with E-state index in [9.17, 15) is 14.9 Å². The zero-order chi connectivity index (χ0) is 21.8. The lowest BCUT2D eigenvalue weighted by molar-refractivity contribution is -0.385. The molecular formula is C23H21N3O5. The van der Waals surface area contributed by atoms with Gasteiger partial charge in [0.15, 0.2) is 6.23 Å². The van der Waals surface area contributed by atoms with E-state index in [4.69, 9.17) is 9.47 Å². The molecule has 1 atom stereocenters. The van der Waals surface area contributed by atoms with Crippen LogP contribution >= 0.6 is 0 Å². The molecular weight excluding hydrogens is 398 g/mol. The quantitative estimate of drug-likeness (QED) is 0.477. The molecule has 158 valence electrons. The van der Waals surface area contributed by atoms with Gasteiger partial charge in [0.25, 0.3) is 5.69 Å². The second-order valence-electron chi connectivity index (χ2n) is 7.11. The van der Waals surface area contributed by atoms with Crippen LogP contribution < -0.4 is 14.8 Å². The molecule has 1 aliphatic heterocycles. The Morgan fingerprint density at radius 3 is 2.68 bits per heavy atom. The summed E-state index contributed by atoms with van der Waals surface area (Å²) in [6.45, 7) is 0.521. The lowest BCUT2D eigenvalue weighted by Crippen LogP contribution is -2.40. The molecule has 0 bridgehead atoms. The largest absolute Gasteiger partial charge is 0.497 e. The first kappa shape index (κ1) is 20.4. The van der Waals surface area contributed by atoms with Crippen LogP contribution in [-0.4, -0.2) is 29.4 Å². The van der Waals surface area contributed by atoms with E-state index < -0.39 is 11.2 Å². The highest BCUT2D eigenvalue weighted by atomic mass is 16.6. The topological polar surface area (TPSA) is 93.9 Å². The Kier molecular flexibility index (Phi) is 5.81. The third-order valence-electron chi connectivity index (χ3n) is 5.00. The Morgan fingerprint density at radius 2 is 1.94 bits per heavy atom. The van der Waals surface area contributed by atoms with Crippen LogP contribution in [0, 0.1) is 10.1 Å². The number of benzene rings is 3. The second kappa shape index (κ2) is 8.85. The number of hydrogen-bond donors (Lipinski definition) is 1. The lowest BCUT2D eigenvalue weighted by atomic mass is 10.1. The average Bonchev–Trinajstić information content (AvgIpc) is 2.79. The van der Waals surface area contributed by atoms with Crippen molar-refractivity contribution < 1.29 is 19.2 Å². The fourth-order valence-corrected chi connectivity index (χ4v) is 3.51. The van der Waals surface area contributed by atoms with Gasteiger partial charge in [-0.1, -0.05) is 30.3 Å². The number of ether oxygens (including phenoxy) is 2. The van der Waals surface area contributed by atoms with Gasteiger partial charge in [0, 0.05) is 35.5 Å². The van der Waals surface area contributed by atoms with Gasteiger partial charge in [-0.15, -0.1) is 0 Å². The van der Waals surface area contributed by atoms with Gasteiger partial charge in [-0.2, -0.15) is 0 Å². The van der Waals surface area contributed by atoms with E-state index in [1.807, 2.05) is 29.2 Å². The number of nitro groups is 1. The highest BCUT2D eigenvalue weighted by molar-refractivity contribution is 5.92. The van der Waals surface area contributed by atoms with Crippen molar-refractivity contribution in [1.29, 1.82) is 0 Å². The van der Waals surface area contributed by atoms with Gasteiger partial charge < -0.3 is 14.8 Å². The molecule has 0 saturated heterocycles. The fraction of sp³-hybridized carbons (Fsp3) is 0.174. The molecule has 0 spiro atoms. The van der Waals surface area contributed by atoms with Gasteiger partial charge in [0.05, 0.1) is 18.6 Å². The Bertz CT molecular complexity index is 1100. The first-order chi connectivity index (χ1) is 15.0. The van der Waals surface area contributed by atoms with Crippen molar-refractivity contribution >= 4 is 17.3 Å². The molecule has 0 saturated carbocycles. The Labute approximate surface area is 179 Å². The van der Waals surface area contributed by atoms with Crippen LogP contribution in [0.2, 0.25) is 0 Å². The van der Waals surface area contributed by atoms with E-state index in [1.54, 1.807) is 43.5 Å². The predicted molar refractivity (Wildman–Crippen MR) is 115 cm³/mol. The maximum Gasteiger partial charge on any atom is 0.269 e. The highest BCUT2D eigenvalue weighted by Crippen LogP contribution is 2.35. The van der Waals surface area contributed by atoms with Crippen LogP contribution in [0.25, 0.3) is 0 Å². The standard InChI is InChI=1S/C23H21N3O5/c1-30-20-11-9-18(10-12-20)24-22(27)15-25-14-17-5-2-3-8-21(17)31-23(25)16-6-4-7-19(13-16)26(28)29/h2-13,23H,14-15H2,1H3,(H,24,27). The molecule has 0 aliphatic carbocycles. The van der Waals surface area contributed by atoms with E-state index in [-0.39, 0.29) is 18.1 Å². The number of non-ortho nitro benzene ring substituents is 1. The fourth-order valence-electron chi connectivity index (χ4n) is 3.51. The van der Waals surface area contributed by atoms with Gasteiger partial charge in [-0.25, -0.2) is 0 Å². The van der Waals surface area contributed by atoms with Crippen LogP contribution in [0.1, 0.15) is 17.4 Å². The molecule has 3 aromatic carbocycles. The molecule has 1 aliphatic rings. The van der Waals surface area contributed by atoms with Crippen molar-refractivity contribution in [3.8, 4) is 11.5 Å². The number of methoxy groups -OCH3 is 1. The highest BCUT2D eigenvalue weighted by Gasteiger charge is 2.31. The molecule has 8 heteroatoms. The van der Waals surface area contributed by atoms with Crippen molar-refractivity contribution in [3.05, 3.63) is 94.0 Å². The number of carbonyl (C=O) groups excluding carboxylic acids is 1. The van der Waals surface area contributed by atoms with E-state index in [0.29, 0.717) is 29.3 Å². The Hall–Kier alpha value is -3.91. The minimum Gasteiger partial charge on any atom is -0.497 e. The van der Waals surface area contributed by atoms with Gasteiger partial charge >= 0.3 is 0 Å². The van der Waals surface area contributed by atoms with Gasteiger partial charge in [-0.3, -0.25) is 19.8 Å². The zero-order valence-electron chi connectivity index (χ0n) is 16.9. The summed E-state index contributed by atoms with van der Waals surface area (Å²) in [7, 11) is 1.58. The van der Waals surface area contributed by atoms with Gasteiger partial charge in [0.2, 0.25) is 5.91 Å². The van der Waals surface area contributed by atoms with Crippen LogP contribution in [0.15, 0.2) is 72.8 Å². The number of carbonyl (C=O) groups is 1. The first-order valence-corrected chi connectivity index (χ1v) is 9.70. The summed E-state index contributed by atoms with van der Waals surface area (Å²) in [6.07, 6.45) is -0.628. The monoisotopic (exact) mass is 419 g/mol. The summed E-state index contributed by atoms with van der Waals surface area (Å²) in [6, 6.07) is 20.9. The number of anilines is 1. The number of para-hydroxylation sites is 1. The van der Waals surface area contributed by atoms with E-state index in [1.165, 1.54) is 12.1 Å². The van der Waals surface area contributed by atoms with Crippen molar-refractivity contribution in [3.63, 3.8) is 0 Å². The summed E-state index contributed by atoms with van der Waals surface area (Å²) in [4.78, 5) is 25.4. The number of nitrogens with one attached hydrogen (secondary N) is 1. The van der Waals surface area contributed by atoms with E-state index in [0.717, 1.165) is 5.56 Å². The Balaban J connectivity index is 1.57. The van der Waals surface area contributed by atoms with Crippen molar-refractivity contribution in [1.82, 2.24) is 4.90 Å². The smallest absolute Gasteiger partial charge is 0.269 e. The minimum atomic E-state index is -0.628. The molecule has 0 aromatic heterocycles. The molecule has 0 radical (unpaired) electrons. The van der Waals surface area contributed by atoms with Crippen LogP contribution in [0.5, 0.6) is 11.5 Å². The maximum atomic E-state index is 12.8. The molecule has 8 nitrogen and oxygen atoms in total. The molecule has 4 rings (SSSR count). The summed E-state index contributed by atoms with van der Waals surface area (Å²) >= 11 is 0. The number of rotatable bonds is 6. The SMILES string of the molecule is COc1ccc(NC(=O)CN2Cc3ccccc3OC2c2cccc([N+](=O)[O-])c2)cc1. The number of nitrogens with zero attached hydrogens (tertiary/aromatic N) is 2. The number of amides is 1. The van der Waals surface area contributed by atoms with Crippen LogP contribution in [-0.2, 0) is 11.3 Å². The molecule has 1 amide bonds. The van der Waals surface area contributed by atoms with E-state index >= 15 is 0 Å². The second-order valence-corrected chi connectivity index (χ2v) is 7.11. The van der Waals surface area contributed by atoms with Crippen molar-refractivity contribution in [2.75, 3.05) is 19.0 Å². The first-order valence-electron chi connectivity index (χ1n) is 9.70. The van der Waals surface area contributed by atoms with Crippen LogP contribution in [0.3, 0.4) is 0 Å². The van der Waals surface area contributed by atoms with Crippen molar-refractivity contribution in [2.24, 2.45) is 0 Å². The molecule has 3 aromatic rings. The molecule has 0 fully saturated rings. The average molecular weight is 419 g/mol. The number of hydrogen-bond acceptors (Lipinski definition) is 6. The lowest BCUT2D eigenvalue weighted by Gasteiger charge is -2.36. The minimum absolute atomic E-state index is 0.0254. The zero-order valence-corrected chi connectivity index (χ0v) is 16.9. The maximum absolute atomic E-state index is 12.8. The van der Waals surface area contributed by atoms with Crippen molar-refractivity contribution in [2.45, 2.75) is 12.8 Å². The molecule has 1 unspecified atom stereocenters. The van der Waals surface area contributed by atoms with Gasteiger partial charge in [0.1, 0.15) is 11.5 Å². The molecule has 31 heavy (non-hydrogen) atoms.